The number of rotatable bonds is 5. The first-order chi connectivity index (χ1) is 13.1. The molecule has 0 aliphatic carbocycles. The number of benzene rings is 2. The lowest BCUT2D eigenvalue weighted by molar-refractivity contribution is -0.131. The van der Waals surface area contributed by atoms with E-state index in [-0.39, 0.29) is 5.91 Å². The predicted octanol–water partition coefficient (Wildman–Crippen LogP) is 3.94. The van der Waals surface area contributed by atoms with Crippen molar-refractivity contribution in [3.05, 3.63) is 65.7 Å². The van der Waals surface area contributed by atoms with Crippen molar-refractivity contribution in [2.75, 3.05) is 22.9 Å². The molecule has 3 N–H and O–H groups in total. The molecule has 0 unspecified atom stereocenters. The molecule has 1 heterocycles. The molecule has 2 aromatic carbocycles. The molecule has 1 aliphatic heterocycles. The number of aliphatic imine (C=N–C) groups is 1. The van der Waals surface area contributed by atoms with Gasteiger partial charge in [0.2, 0.25) is 0 Å². The van der Waals surface area contributed by atoms with Gasteiger partial charge in [-0.2, -0.15) is 0 Å². The summed E-state index contributed by atoms with van der Waals surface area (Å²) < 4.78 is 0. The summed E-state index contributed by atoms with van der Waals surface area (Å²) in [6.07, 6.45) is 3.65. The molecule has 0 saturated heterocycles. The van der Waals surface area contributed by atoms with E-state index in [1.165, 1.54) is 6.08 Å². The van der Waals surface area contributed by atoms with Crippen molar-refractivity contribution in [1.29, 1.82) is 0 Å². The Balaban J connectivity index is 1.64. The third kappa shape index (κ3) is 5.72. The number of carbonyl (C=O) groups is 2. The number of nitrogens with zero attached hydrogens (tertiary/aromatic N) is 1. The van der Waals surface area contributed by atoms with Crippen LogP contribution in [0, 0.1) is 0 Å². The van der Waals surface area contributed by atoms with Gasteiger partial charge in [-0.3, -0.25) is 9.79 Å². The molecule has 138 valence electrons. The summed E-state index contributed by atoms with van der Waals surface area (Å²) in [4.78, 5) is 27.5. The number of aliphatic carboxylic acids is 1. The van der Waals surface area contributed by atoms with Gasteiger partial charge in [0.05, 0.1) is 0 Å². The Morgan fingerprint density at radius 3 is 2.63 bits per heavy atom. The molecule has 0 aromatic heterocycles. The largest absolute Gasteiger partial charge is 0.478 e. The van der Waals surface area contributed by atoms with E-state index in [0.29, 0.717) is 11.3 Å². The second-order valence-electron chi connectivity index (χ2n) is 5.84. The van der Waals surface area contributed by atoms with Crippen LogP contribution in [-0.2, 0) is 4.79 Å². The van der Waals surface area contributed by atoms with Crippen molar-refractivity contribution < 1.29 is 14.7 Å². The molecule has 0 radical (unpaired) electrons. The van der Waals surface area contributed by atoms with Crippen LogP contribution >= 0.6 is 11.8 Å². The van der Waals surface area contributed by atoms with Crippen LogP contribution < -0.4 is 10.6 Å². The molecule has 0 atom stereocenters. The van der Waals surface area contributed by atoms with Crippen molar-refractivity contribution in [2.24, 2.45) is 4.99 Å². The molecule has 1 aliphatic rings. The average molecular weight is 381 g/mol. The van der Waals surface area contributed by atoms with Crippen molar-refractivity contribution in [3.63, 3.8) is 0 Å². The Morgan fingerprint density at radius 1 is 1.11 bits per heavy atom. The average Bonchev–Trinajstić information content (AvgIpc) is 2.68. The third-order valence-corrected chi connectivity index (χ3v) is 4.76. The second kappa shape index (κ2) is 9.05. The highest BCUT2D eigenvalue weighted by molar-refractivity contribution is 8.14. The summed E-state index contributed by atoms with van der Waals surface area (Å²) in [7, 11) is 0. The highest BCUT2D eigenvalue weighted by Crippen LogP contribution is 2.18. The molecule has 6 nitrogen and oxygen atoms in total. The highest BCUT2D eigenvalue weighted by atomic mass is 32.2. The van der Waals surface area contributed by atoms with Crippen molar-refractivity contribution in [1.82, 2.24) is 0 Å². The zero-order valence-electron chi connectivity index (χ0n) is 14.5. The maximum atomic E-state index is 12.5. The number of amides is 1. The lowest BCUT2D eigenvalue weighted by Gasteiger charge is -2.14. The summed E-state index contributed by atoms with van der Waals surface area (Å²) in [5, 5.41) is 15.6. The maximum Gasteiger partial charge on any atom is 0.328 e. The van der Waals surface area contributed by atoms with E-state index >= 15 is 0 Å². The molecule has 2 aromatic rings. The molecule has 1 amide bonds. The molecule has 0 fully saturated rings. The zero-order chi connectivity index (χ0) is 19.1. The number of amidine groups is 1. The van der Waals surface area contributed by atoms with Gasteiger partial charge >= 0.3 is 5.97 Å². The van der Waals surface area contributed by atoms with E-state index in [1.807, 2.05) is 12.1 Å². The Hall–Kier alpha value is -3.06. The minimum atomic E-state index is -1.00. The molecule has 0 bridgehead atoms. The van der Waals surface area contributed by atoms with Crippen LogP contribution in [0.3, 0.4) is 0 Å². The first-order valence-electron chi connectivity index (χ1n) is 8.47. The van der Waals surface area contributed by atoms with E-state index in [4.69, 9.17) is 5.11 Å². The fourth-order valence-corrected chi connectivity index (χ4v) is 3.28. The summed E-state index contributed by atoms with van der Waals surface area (Å²) in [5.74, 6) is -0.173. The van der Waals surface area contributed by atoms with E-state index in [2.05, 4.69) is 15.6 Å². The van der Waals surface area contributed by atoms with Crippen molar-refractivity contribution >= 4 is 46.3 Å². The number of hydrogen-bond donors (Lipinski definition) is 3. The smallest absolute Gasteiger partial charge is 0.328 e. The fourth-order valence-electron chi connectivity index (χ4n) is 2.45. The second-order valence-corrected chi connectivity index (χ2v) is 6.93. The Bertz CT molecular complexity index is 892. The van der Waals surface area contributed by atoms with Crippen LogP contribution in [0.25, 0.3) is 6.08 Å². The number of anilines is 2. The number of carboxylic acids is 1. The number of carbonyl (C=O) groups excluding carboxylic acids is 1. The van der Waals surface area contributed by atoms with Gasteiger partial charge in [0, 0.05) is 35.3 Å². The molecule has 27 heavy (non-hydrogen) atoms. The molecule has 7 heteroatoms. The Morgan fingerprint density at radius 2 is 1.93 bits per heavy atom. The number of thioether (sulfide) groups is 1. The van der Waals surface area contributed by atoms with Gasteiger partial charge in [0.25, 0.3) is 5.91 Å². The lowest BCUT2D eigenvalue weighted by Crippen LogP contribution is -2.15. The lowest BCUT2D eigenvalue weighted by atomic mass is 10.1. The Labute approximate surface area is 161 Å². The zero-order valence-corrected chi connectivity index (χ0v) is 15.3. The van der Waals surface area contributed by atoms with E-state index in [0.717, 1.165) is 41.2 Å². The first kappa shape index (κ1) is 18.7. The first-order valence-corrected chi connectivity index (χ1v) is 9.45. The molecular formula is C20H19N3O3S. The third-order valence-electron chi connectivity index (χ3n) is 3.76. The highest BCUT2D eigenvalue weighted by Gasteiger charge is 2.09. The van der Waals surface area contributed by atoms with Crippen LogP contribution in [-0.4, -0.2) is 34.4 Å². The molecule has 3 rings (SSSR count). The SMILES string of the molecule is O=C(O)/C=C/c1ccc(NC(=O)c2cccc(NC3=NCCCS3)c2)cc1. The van der Waals surface area contributed by atoms with Crippen LogP contribution in [0.1, 0.15) is 22.3 Å². The molecule has 0 spiro atoms. The van der Waals surface area contributed by atoms with Gasteiger partial charge in [-0.1, -0.05) is 30.0 Å². The molecule has 0 saturated carbocycles. The van der Waals surface area contributed by atoms with Gasteiger partial charge in [-0.25, -0.2) is 4.79 Å². The fraction of sp³-hybridized carbons (Fsp3) is 0.150. The van der Waals surface area contributed by atoms with Crippen LogP contribution in [0.15, 0.2) is 59.6 Å². The van der Waals surface area contributed by atoms with E-state index in [1.54, 1.807) is 48.2 Å². The monoisotopic (exact) mass is 381 g/mol. The minimum Gasteiger partial charge on any atom is -0.478 e. The van der Waals surface area contributed by atoms with Gasteiger partial charge < -0.3 is 15.7 Å². The van der Waals surface area contributed by atoms with E-state index in [9.17, 15) is 9.59 Å². The number of carboxylic acid groups (broad SMARTS) is 1. The standard InChI is InChI=1S/C20H19N3O3S/c24-18(25)10-7-14-5-8-16(9-6-14)22-19(26)15-3-1-4-17(13-15)23-20-21-11-2-12-27-20/h1,3-10,13H,2,11-12H2,(H,21,23)(H,22,26)(H,24,25)/b10-7+. The number of nitrogens with one attached hydrogen (secondary N) is 2. The normalized spacial score (nSPS) is 13.9. The van der Waals surface area contributed by atoms with Gasteiger partial charge in [-0.05, 0) is 48.4 Å². The topological polar surface area (TPSA) is 90.8 Å². The van der Waals surface area contributed by atoms with Gasteiger partial charge in [0.15, 0.2) is 5.17 Å². The summed E-state index contributed by atoms with van der Waals surface area (Å²) in [5.41, 5.74) is 2.74. The molecular weight excluding hydrogens is 362 g/mol. The van der Waals surface area contributed by atoms with Gasteiger partial charge in [0.1, 0.15) is 0 Å². The summed E-state index contributed by atoms with van der Waals surface area (Å²) in [6.45, 7) is 0.827. The Kier molecular flexibility index (Phi) is 6.27. The van der Waals surface area contributed by atoms with Crippen molar-refractivity contribution in [3.8, 4) is 0 Å². The van der Waals surface area contributed by atoms with Crippen LogP contribution in [0.4, 0.5) is 11.4 Å². The quantitative estimate of drug-likeness (QED) is 0.683. The predicted molar refractivity (Wildman–Crippen MR) is 111 cm³/mol. The van der Waals surface area contributed by atoms with E-state index < -0.39 is 5.97 Å². The maximum absolute atomic E-state index is 12.5. The van der Waals surface area contributed by atoms with Crippen LogP contribution in [0.5, 0.6) is 0 Å². The summed E-state index contributed by atoms with van der Waals surface area (Å²) >= 11 is 1.68. The summed E-state index contributed by atoms with van der Waals surface area (Å²) in [6, 6.07) is 14.2. The van der Waals surface area contributed by atoms with Crippen molar-refractivity contribution in [2.45, 2.75) is 6.42 Å². The van der Waals surface area contributed by atoms with Gasteiger partial charge in [-0.15, -0.1) is 0 Å². The number of hydrogen-bond acceptors (Lipinski definition) is 5. The minimum absolute atomic E-state index is 0.217. The van der Waals surface area contributed by atoms with Crippen LogP contribution in [0.2, 0.25) is 0 Å².